The zero-order valence-electron chi connectivity index (χ0n) is 14.3. The molecule has 7 nitrogen and oxygen atoms in total. The van der Waals surface area contributed by atoms with Crippen molar-refractivity contribution in [2.45, 2.75) is 12.1 Å². The van der Waals surface area contributed by atoms with Crippen molar-refractivity contribution in [1.29, 1.82) is 0 Å². The molecule has 27 heavy (non-hydrogen) atoms. The van der Waals surface area contributed by atoms with E-state index in [4.69, 9.17) is 0 Å². The summed E-state index contributed by atoms with van der Waals surface area (Å²) in [5.41, 5.74) is 1.79. The average Bonchev–Trinajstić information content (AvgIpc) is 2.69. The maximum absolute atomic E-state index is 12.0. The number of anilines is 1. The lowest BCUT2D eigenvalue weighted by Crippen LogP contribution is -2.25. The van der Waals surface area contributed by atoms with Gasteiger partial charge >= 0.3 is 0 Å². The quantitative estimate of drug-likeness (QED) is 0.482. The zero-order chi connectivity index (χ0) is 19.2. The van der Waals surface area contributed by atoms with E-state index in [1.54, 1.807) is 0 Å². The molecule has 0 saturated carbocycles. The lowest BCUT2D eigenvalue weighted by molar-refractivity contribution is -0.532. The Balaban J connectivity index is 2.03. The van der Waals surface area contributed by atoms with E-state index in [1.165, 1.54) is 24.3 Å². The standard InChI is InChI=1S/C20H17N3O4/c24-22(25)18-13-11-16(12-14-18)20(23(26)27)19(15-7-3-1-4-8-15)21-17-9-5-2-6-10-17/h1-14,19-21H. The minimum atomic E-state index is -1.12. The third-order valence-electron chi connectivity index (χ3n) is 4.24. The SMILES string of the molecule is O=[N+]([O-])c1ccc(C(C(Nc2ccccc2)c2ccccc2)[N+](=O)[O-])cc1. The molecule has 0 heterocycles. The summed E-state index contributed by atoms with van der Waals surface area (Å²) in [6.07, 6.45) is 0. The van der Waals surface area contributed by atoms with E-state index >= 15 is 0 Å². The molecule has 0 aliphatic carbocycles. The highest BCUT2D eigenvalue weighted by Gasteiger charge is 2.35. The predicted octanol–water partition coefficient (Wildman–Crippen LogP) is 4.77. The largest absolute Gasteiger partial charge is 0.372 e. The molecule has 0 aromatic heterocycles. The van der Waals surface area contributed by atoms with Crippen LogP contribution >= 0.6 is 0 Å². The van der Waals surface area contributed by atoms with Crippen molar-refractivity contribution in [2.75, 3.05) is 5.32 Å². The lowest BCUT2D eigenvalue weighted by atomic mass is 9.93. The number of nitrogens with zero attached hydrogens (tertiary/aromatic N) is 2. The summed E-state index contributed by atoms with van der Waals surface area (Å²) in [4.78, 5) is 21.9. The molecule has 2 unspecified atom stereocenters. The molecule has 0 fully saturated rings. The first-order chi connectivity index (χ1) is 13.1. The second-order valence-corrected chi connectivity index (χ2v) is 5.98. The van der Waals surface area contributed by atoms with Gasteiger partial charge in [0.2, 0.25) is 0 Å². The third kappa shape index (κ3) is 4.27. The third-order valence-corrected chi connectivity index (χ3v) is 4.24. The van der Waals surface area contributed by atoms with Crippen molar-refractivity contribution in [1.82, 2.24) is 0 Å². The van der Waals surface area contributed by atoms with E-state index < -0.39 is 17.0 Å². The van der Waals surface area contributed by atoms with Gasteiger partial charge in [-0.3, -0.25) is 20.2 Å². The van der Waals surface area contributed by atoms with Gasteiger partial charge in [-0.2, -0.15) is 0 Å². The van der Waals surface area contributed by atoms with Crippen LogP contribution in [0.4, 0.5) is 11.4 Å². The van der Waals surface area contributed by atoms with E-state index in [2.05, 4.69) is 5.32 Å². The minimum Gasteiger partial charge on any atom is -0.372 e. The number of rotatable bonds is 7. The molecule has 3 aromatic carbocycles. The van der Waals surface area contributed by atoms with Crippen molar-refractivity contribution >= 4 is 11.4 Å². The highest BCUT2D eigenvalue weighted by atomic mass is 16.6. The van der Waals surface area contributed by atoms with Crippen LogP contribution in [0.2, 0.25) is 0 Å². The van der Waals surface area contributed by atoms with Crippen LogP contribution in [0.15, 0.2) is 84.9 Å². The highest BCUT2D eigenvalue weighted by Crippen LogP contribution is 2.35. The smallest absolute Gasteiger partial charge is 0.269 e. The molecule has 3 rings (SSSR count). The second kappa shape index (κ2) is 8.09. The van der Waals surface area contributed by atoms with Gasteiger partial charge in [0.05, 0.1) is 4.92 Å². The van der Waals surface area contributed by atoms with Crippen molar-refractivity contribution in [3.05, 3.63) is 116 Å². The van der Waals surface area contributed by atoms with Gasteiger partial charge < -0.3 is 5.32 Å². The fourth-order valence-electron chi connectivity index (χ4n) is 2.95. The van der Waals surface area contributed by atoms with E-state index in [9.17, 15) is 20.2 Å². The molecule has 0 amide bonds. The van der Waals surface area contributed by atoms with Crippen molar-refractivity contribution in [2.24, 2.45) is 0 Å². The van der Waals surface area contributed by atoms with Crippen molar-refractivity contribution < 1.29 is 9.85 Å². The number of para-hydroxylation sites is 1. The Morgan fingerprint density at radius 2 is 1.26 bits per heavy atom. The van der Waals surface area contributed by atoms with Gasteiger partial charge in [-0.1, -0.05) is 48.5 Å². The van der Waals surface area contributed by atoms with Gasteiger partial charge in [-0.25, -0.2) is 0 Å². The molecule has 0 aliphatic rings. The van der Waals surface area contributed by atoms with Crippen LogP contribution in [0.3, 0.4) is 0 Å². The number of benzene rings is 3. The normalized spacial score (nSPS) is 12.7. The Bertz CT molecular complexity index is 915. The Labute approximate surface area is 155 Å². The Morgan fingerprint density at radius 3 is 1.78 bits per heavy atom. The van der Waals surface area contributed by atoms with Gasteiger partial charge in [0, 0.05) is 28.3 Å². The predicted molar refractivity (Wildman–Crippen MR) is 102 cm³/mol. The highest BCUT2D eigenvalue weighted by molar-refractivity contribution is 5.46. The molecule has 0 radical (unpaired) electrons. The fourth-order valence-corrected chi connectivity index (χ4v) is 2.95. The van der Waals surface area contributed by atoms with Gasteiger partial charge in [0.1, 0.15) is 6.04 Å². The molecule has 0 saturated heterocycles. The van der Waals surface area contributed by atoms with Gasteiger partial charge in [0.25, 0.3) is 11.7 Å². The number of hydrogen-bond acceptors (Lipinski definition) is 5. The van der Waals surface area contributed by atoms with Crippen molar-refractivity contribution in [3.8, 4) is 0 Å². The van der Waals surface area contributed by atoms with Crippen LogP contribution in [0, 0.1) is 20.2 Å². The first kappa shape index (κ1) is 18.1. The monoisotopic (exact) mass is 363 g/mol. The molecule has 2 atom stereocenters. The van der Waals surface area contributed by atoms with Crippen LogP contribution in [0.5, 0.6) is 0 Å². The molecule has 1 N–H and O–H groups in total. The summed E-state index contributed by atoms with van der Waals surface area (Å²) in [6, 6.07) is 22.0. The summed E-state index contributed by atoms with van der Waals surface area (Å²) in [5, 5.41) is 26.1. The maximum Gasteiger partial charge on any atom is 0.269 e. The molecule has 3 aromatic rings. The molecule has 136 valence electrons. The van der Waals surface area contributed by atoms with E-state index in [1.807, 2.05) is 60.7 Å². The maximum atomic E-state index is 12.0. The minimum absolute atomic E-state index is 0.104. The first-order valence-electron chi connectivity index (χ1n) is 8.30. The molecule has 0 aliphatic heterocycles. The summed E-state index contributed by atoms with van der Waals surface area (Å²) < 4.78 is 0. The van der Waals surface area contributed by atoms with Crippen LogP contribution in [0.25, 0.3) is 0 Å². The second-order valence-electron chi connectivity index (χ2n) is 5.98. The average molecular weight is 363 g/mol. The molecule has 0 bridgehead atoms. The van der Waals surface area contributed by atoms with Crippen LogP contribution in [-0.4, -0.2) is 9.85 Å². The molecule has 0 spiro atoms. The lowest BCUT2D eigenvalue weighted by Gasteiger charge is -2.24. The summed E-state index contributed by atoms with van der Waals surface area (Å²) in [5.74, 6) is 0. The summed E-state index contributed by atoms with van der Waals surface area (Å²) >= 11 is 0. The van der Waals surface area contributed by atoms with Crippen LogP contribution in [-0.2, 0) is 0 Å². The first-order valence-corrected chi connectivity index (χ1v) is 8.30. The number of nitro groups is 2. The van der Waals surface area contributed by atoms with Crippen molar-refractivity contribution in [3.63, 3.8) is 0 Å². The van der Waals surface area contributed by atoms with Crippen LogP contribution < -0.4 is 5.32 Å². The van der Waals surface area contributed by atoms with Gasteiger partial charge in [0.15, 0.2) is 0 Å². The molecule has 7 heteroatoms. The van der Waals surface area contributed by atoms with E-state index in [0.717, 1.165) is 11.3 Å². The Morgan fingerprint density at radius 1 is 0.704 bits per heavy atom. The number of hydrogen-bond donors (Lipinski definition) is 1. The molecular weight excluding hydrogens is 346 g/mol. The Kier molecular flexibility index (Phi) is 5.41. The number of nitro benzene ring substituents is 1. The van der Waals surface area contributed by atoms with Crippen LogP contribution in [0.1, 0.15) is 23.2 Å². The number of non-ortho nitro benzene ring substituents is 1. The van der Waals surface area contributed by atoms with Gasteiger partial charge in [-0.05, 0) is 29.8 Å². The Hall–Kier alpha value is -3.74. The topological polar surface area (TPSA) is 98.3 Å². The summed E-state index contributed by atoms with van der Waals surface area (Å²) in [6.45, 7) is 0. The van der Waals surface area contributed by atoms with E-state index in [0.29, 0.717) is 5.56 Å². The fraction of sp³-hybridized carbons (Fsp3) is 0.100. The van der Waals surface area contributed by atoms with E-state index in [-0.39, 0.29) is 10.6 Å². The summed E-state index contributed by atoms with van der Waals surface area (Å²) in [7, 11) is 0. The van der Waals surface area contributed by atoms with Gasteiger partial charge in [-0.15, -0.1) is 0 Å². The zero-order valence-corrected chi connectivity index (χ0v) is 14.3. The number of nitrogens with one attached hydrogen (secondary N) is 1. The molecular formula is C20H17N3O4.